The van der Waals surface area contributed by atoms with E-state index in [-0.39, 0.29) is 32.4 Å². The first kappa shape index (κ1) is 30.5. The lowest BCUT2D eigenvalue weighted by Crippen LogP contribution is -2.38. The summed E-state index contributed by atoms with van der Waals surface area (Å²) in [5.41, 5.74) is 0.283. The number of sulfonamides is 2. The van der Waals surface area contributed by atoms with Crippen LogP contribution in [0.4, 0.5) is 17.1 Å². The Labute approximate surface area is 233 Å². The van der Waals surface area contributed by atoms with Gasteiger partial charge in [-0.1, -0.05) is 19.9 Å². The number of anilines is 2. The highest BCUT2D eigenvalue weighted by Crippen LogP contribution is 2.29. The average Bonchev–Trinajstić information content (AvgIpc) is 2.92. The number of carbonyl (C=O) groups is 1. The van der Waals surface area contributed by atoms with E-state index in [0.29, 0.717) is 18.8 Å². The maximum atomic E-state index is 13.7. The van der Waals surface area contributed by atoms with Crippen LogP contribution in [0, 0.1) is 17.0 Å². The van der Waals surface area contributed by atoms with E-state index in [1.165, 1.54) is 79.0 Å². The first-order chi connectivity index (χ1) is 18.8. The van der Waals surface area contributed by atoms with Crippen LogP contribution < -0.4 is 14.4 Å². The molecule has 3 aromatic carbocycles. The number of nitrogens with zero attached hydrogens (tertiary/aromatic N) is 3. The molecule has 0 fully saturated rings. The first-order valence-electron chi connectivity index (χ1n) is 12.2. The molecule has 1 amide bonds. The number of carbonyl (C=O) groups excluding carboxylic acids is 1. The van der Waals surface area contributed by atoms with Crippen molar-refractivity contribution in [3.8, 4) is 5.75 Å². The number of nitro benzene ring substituents is 1. The summed E-state index contributed by atoms with van der Waals surface area (Å²) in [6.45, 7) is 4.88. The van der Waals surface area contributed by atoms with E-state index in [2.05, 4.69) is 5.32 Å². The summed E-state index contributed by atoms with van der Waals surface area (Å²) in [7, 11) is -6.68. The second-order valence-corrected chi connectivity index (χ2v) is 12.4. The van der Waals surface area contributed by atoms with Gasteiger partial charge in [0.2, 0.25) is 15.9 Å². The van der Waals surface area contributed by atoms with Crippen molar-refractivity contribution in [2.45, 2.75) is 30.6 Å². The van der Waals surface area contributed by atoms with E-state index in [9.17, 15) is 31.7 Å². The second-order valence-electron chi connectivity index (χ2n) is 8.58. The van der Waals surface area contributed by atoms with Gasteiger partial charge in [0.15, 0.2) is 0 Å². The molecule has 214 valence electrons. The predicted octanol–water partition coefficient (Wildman–Crippen LogP) is 3.78. The molecule has 12 nitrogen and oxygen atoms in total. The van der Waals surface area contributed by atoms with E-state index >= 15 is 0 Å². The van der Waals surface area contributed by atoms with Crippen LogP contribution in [-0.2, 0) is 24.8 Å². The lowest BCUT2D eigenvalue weighted by atomic mass is 10.2. The Bertz CT molecular complexity index is 1590. The van der Waals surface area contributed by atoms with Gasteiger partial charge in [-0.05, 0) is 61.5 Å². The summed E-state index contributed by atoms with van der Waals surface area (Å²) in [6.07, 6.45) is 0. The molecule has 0 saturated carbocycles. The third-order valence-electron chi connectivity index (χ3n) is 6.09. The fourth-order valence-corrected chi connectivity index (χ4v) is 6.79. The van der Waals surface area contributed by atoms with Crippen LogP contribution in [0.3, 0.4) is 0 Å². The van der Waals surface area contributed by atoms with Crippen LogP contribution >= 0.6 is 0 Å². The van der Waals surface area contributed by atoms with Crippen molar-refractivity contribution in [1.29, 1.82) is 0 Å². The van der Waals surface area contributed by atoms with Gasteiger partial charge in [-0.3, -0.25) is 19.2 Å². The van der Waals surface area contributed by atoms with Crippen molar-refractivity contribution in [3.63, 3.8) is 0 Å². The number of nitrogens with one attached hydrogen (secondary N) is 1. The molecule has 0 aliphatic heterocycles. The molecule has 0 aromatic heterocycles. The number of hydrogen-bond donors (Lipinski definition) is 1. The summed E-state index contributed by atoms with van der Waals surface area (Å²) in [5, 5.41) is 14.0. The van der Waals surface area contributed by atoms with Gasteiger partial charge in [-0.2, -0.15) is 4.31 Å². The van der Waals surface area contributed by atoms with Crippen molar-refractivity contribution in [1.82, 2.24) is 4.31 Å². The third-order valence-corrected chi connectivity index (χ3v) is 9.93. The molecular formula is C26H30N4O8S2. The normalized spacial score (nSPS) is 11.7. The smallest absolute Gasteiger partial charge is 0.273 e. The summed E-state index contributed by atoms with van der Waals surface area (Å²) in [4.78, 5) is 23.5. The van der Waals surface area contributed by atoms with E-state index in [1.807, 2.05) is 0 Å². The number of rotatable bonds is 12. The van der Waals surface area contributed by atoms with Crippen LogP contribution in [0.25, 0.3) is 0 Å². The Hall–Kier alpha value is -4.01. The molecule has 1 N–H and O–H groups in total. The number of benzene rings is 3. The Morgan fingerprint density at radius 1 is 0.900 bits per heavy atom. The first-order valence-corrected chi connectivity index (χ1v) is 15.0. The Morgan fingerprint density at radius 2 is 1.48 bits per heavy atom. The number of nitro groups is 1. The summed E-state index contributed by atoms with van der Waals surface area (Å²) >= 11 is 0. The molecule has 0 aliphatic rings. The fourth-order valence-electron chi connectivity index (χ4n) is 3.89. The standard InChI is InChI=1S/C26H30N4O8S2/c1-5-28(6-2)39(34,35)23-15-8-20(9-16-23)27-26(31)18-29(21-10-12-22(38-4)13-11-21)40(36,37)24-14-7-19(3)25(17-24)30(32)33/h7-17H,5-6,18H2,1-4H3,(H,27,31). The third kappa shape index (κ3) is 6.58. The maximum absolute atomic E-state index is 13.7. The number of methoxy groups -OCH3 is 1. The Morgan fingerprint density at radius 3 is 2.00 bits per heavy atom. The van der Waals surface area contributed by atoms with Gasteiger partial charge in [-0.25, -0.2) is 16.8 Å². The van der Waals surface area contributed by atoms with Gasteiger partial charge in [0.05, 0.1) is 27.5 Å². The number of ether oxygens (including phenoxy) is 1. The predicted molar refractivity (Wildman–Crippen MR) is 151 cm³/mol. The van der Waals surface area contributed by atoms with Crippen LogP contribution in [0.5, 0.6) is 5.75 Å². The summed E-state index contributed by atoms with van der Waals surface area (Å²) < 4.78 is 60.0. The van der Waals surface area contributed by atoms with Crippen LogP contribution in [0.15, 0.2) is 76.5 Å². The highest BCUT2D eigenvalue weighted by Gasteiger charge is 2.29. The minimum atomic E-state index is -4.43. The zero-order chi connectivity index (χ0) is 29.7. The molecule has 3 rings (SSSR count). The van der Waals surface area contributed by atoms with Crippen molar-refractivity contribution in [3.05, 3.63) is 82.4 Å². The van der Waals surface area contributed by atoms with Crippen molar-refractivity contribution in [2.75, 3.05) is 36.4 Å². The van der Waals surface area contributed by atoms with Gasteiger partial charge < -0.3 is 10.1 Å². The minimum Gasteiger partial charge on any atom is -0.497 e. The highest BCUT2D eigenvalue weighted by atomic mass is 32.2. The summed E-state index contributed by atoms with van der Waals surface area (Å²) in [5.74, 6) is -0.267. The van der Waals surface area contributed by atoms with E-state index in [1.54, 1.807) is 13.8 Å². The van der Waals surface area contributed by atoms with Gasteiger partial charge in [0, 0.05) is 30.4 Å². The second kappa shape index (κ2) is 12.4. The molecule has 0 saturated heterocycles. The maximum Gasteiger partial charge on any atom is 0.273 e. The molecule has 14 heteroatoms. The van der Waals surface area contributed by atoms with Crippen LogP contribution in [0.1, 0.15) is 19.4 Å². The van der Waals surface area contributed by atoms with Gasteiger partial charge in [0.25, 0.3) is 15.7 Å². The molecule has 0 radical (unpaired) electrons. The molecule has 0 atom stereocenters. The molecule has 3 aromatic rings. The zero-order valence-corrected chi connectivity index (χ0v) is 24.0. The molecule has 40 heavy (non-hydrogen) atoms. The molecule has 0 bridgehead atoms. The fraction of sp³-hybridized carbons (Fsp3) is 0.269. The van der Waals surface area contributed by atoms with Gasteiger partial charge in [-0.15, -0.1) is 0 Å². The number of amides is 1. The van der Waals surface area contributed by atoms with E-state index in [4.69, 9.17) is 4.74 Å². The Kier molecular flexibility index (Phi) is 9.50. The van der Waals surface area contributed by atoms with Gasteiger partial charge >= 0.3 is 0 Å². The largest absolute Gasteiger partial charge is 0.497 e. The van der Waals surface area contributed by atoms with E-state index < -0.39 is 37.4 Å². The van der Waals surface area contributed by atoms with Gasteiger partial charge in [0.1, 0.15) is 12.3 Å². The lowest BCUT2D eigenvalue weighted by Gasteiger charge is -2.24. The van der Waals surface area contributed by atoms with Crippen LogP contribution in [0.2, 0.25) is 0 Å². The van der Waals surface area contributed by atoms with E-state index in [0.717, 1.165) is 10.4 Å². The van der Waals surface area contributed by atoms with Crippen molar-refractivity contribution < 1.29 is 31.3 Å². The zero-order valence-electron chi connectivity index (χ0n) is 22.4. The average molecular weight is 591 g/mol. The molecule has 0 spiro atoms. The highest BCUT2D eigenvalue weighted by molar-refractivity contribution is 7.92. The molecule has 0 heterocycles. The lowest BCUT2D eigenvalue weighted by molar-refractivity contribution is -0.385. The molecular weight excluding hydrogens is 560 g/mol. The SMILES string of the molecule is CCN(CC)S(=O)(=O)c1ccc(NC(=O)CN(c2ccc(OC)cc2)S(=O)(=O)c2ccc(C)c([N+](=O)[O-])c2)cc1. The molecule has 0 aliphatic carbocycles. The quantitative estimate of drug-likeness (QED) is 0.247. The van der Waals surface area contributed by atoms with Crippen molar-refractivity contribution in [2.24, 2.45) is 0 Å². The van der Waals surface area contributed by atoms with Crippen molar-refractivity contribution >= 4 is 43.0 Å². The summed E-state index contributed by atoms with van der Waals surface area (Å²) in [6, 6.07) is 15.0. The Balaban J connectivity index is 1.93. The number of hydrogen-bond acceptors (Lipinski definition) is 8. The monoisotopic (exact) mass is 590 g/mol. The number of aryl methyl sites for hydroxylation is 1. The van der Waals surface area contributed by atoms with Crippen LogP contribution in [-0.4, -0.2) is 58.7 Å². The molecule has 0 unspecified atom stereocenters. The topological polar surface area (TPSA) is 156 Å². The minimum absolute atomic E-state index is 0.0533.